The van der Waals surface area contributed by atoms with Gasteiger partial charge >= 0.3 is 0 Å². The first-order valence-corrected chi connectivity index (χ1v) is 7.75. The molecule has 1 unspecified atom stereocenters. The summed E-state index contributed by atoms with van der Waals surface area (Å²) in [6.07, 6.45) is 3.68. The highest BCUT2D eigenvalue weighted by Gasteiger charge is 2.20. The fourth-order valence-corrected chi connectivity index (χ4v) is 2.56. The lowest BCUT2D eigenvalue weighted by Crippen LogP contribution is -2.33. The molecule has 0 saturated carbocycles. The number of carbonyl (C=O) groups excluding carboxylic acids is 1. The molecule has 2 heterocycles. The Hall–Kier alpha value is -2.23. The lowest BCUT2D eigenvalue weighted by Gasteiger charge is -2.22. The van der Waals surface area contributed by atoms with Gasteiger partial charge in [0.05, 0.1) is 23.4 Å². The van der Waals surface area contributed by atoms with Crippen molar-refractivity contribution < 1.29 is 19.1 Å². The zero-order valence-electron chi connectivity index (χ0n) is 12.9. The second-order valence-electron chi connectivity index (χ2n) is 5.10. The second-order valence-corrected chi connectivity index (χ2v) is 5.51. The summed E-state index contributed by atoms with van der Waals surface area (Å²) in [5.74, 6) is -0.165. The smallest absolute Gasteiger partial charge is 0.278 e. The highest BCUT2D eigenvalue weighted by molar-refractivity contribution is 6.32. The number of rotatable bonds is 5. The summed E-state index contributed by atoms with van der Waals surface area (Å²) in [6, 6.07) is 3.04. The van der Waals surface area contributed by atoms with Crippen LogP contribution in [0.1, 0.15) is 29.6 Å². The summed E-state index contributed by atoms with van der Waals surface area (Å²) in [4.78, 5) is 17.6. The first-order chi connectivity index (χ1) is 11.7. The van der Waals surface area contributed by atoms with Crippen molar-refractivity contribution in [2.24, 2.45) is 0 Å². The second kappa shape index (κ2) is 7.56. The molecule has 2 aromatic rings. The number of ether oxygens (including phenoxy) is 2. The lowest BCUT2D eigenvalue weighted by molar-refractivity contribution is -0.186. The SMILES string of the molecule is COc1cc(-n2cnnn2)c(Cl)cc1C(=O)NOC1CCCCO1. The Morgan fingerprint density at radius 2 is 2.33 bits per heavy atom. The van der Waals surface area contributed by atoms with E-state index in [0.29, 0.717) is 23.1 Å². The molecule has 10 heteroatoms. The molecule has 1 aromatic carbocycles. The van der Waals surface area contributed by atoms with Crippen molar-refractivity contribution in [2.45, 2.75) is 25.6 Å². The van der Waals surface area contributed by atoms with Gasteiger partial charge in [0.2, 0.25) is 0 Å². The topological polar surface area (TPSA) is 100 Å². The molecule has 3 rings (SSSR count). The standard InChI is InChI=1S/C14H16ClN5O4/c1-22-12-7-11(20-8-16-18-19-20)10(15)6-9(12)14(21)17-24-13-4-2-3-5-23-13/h6-8,13H,2-5H2,1H3,(H,17,21). The van der Waals surface area contributed by atoms with Crippen LogP contribution in [0, 0.1) is 0 Å². The van der Waals surface area contributed by atoms with Crippen molar-refractivity contribution in [3.05, 3.63) is 29.0 Å². The normalized spacial score (nSPS) is 17.5. The number of carbonyl (C=O) groups is 1. The maximum atomic E-state index is 12.3. The highest BCUT2D eigenvalue weighted by atomic mass is 35.5. The maximum Gasteiger partial charge on any atom is 0.278 e. The molecule has 1 N–H and O–H groups in total. The van der Waals surface area contributed by atoms with Crippen molar-refractivity contribution in [2.75, 3.05) is 13.7 Å². The summed E-state index contributed by atoms with van der Waals surface area (Å²) in [5, 5.41) is 11.2. The van der Waals surface area contributed by atoms with Gasteiger partial charge in [-0.25, -0.2) is 10.3 Å². The van der Waals surface area contributed by atoms with Gasteiger partial charge in [-0.2, -0.15) is 4.68 Å². The van der Waals surface area contributed by atoms with E-state index in [1.165, 1.54) is 24.2 Å². The lowest BCUT2D eigenvalue weighted by atomic mass is 10.1. The van der Waals surface area contributed by atoms with Crippen molar-refractivity contribution in [3.8, 4) is 11.4 Å². The van der Waals surface area contributed by atoms with Crippen molar-refractivity contribution in [3.63, 3.8) is 0 Å². The number of methoxy groups -OCH3 is 1. The van der Waals surface area contributed by atoms with Gasteiger partial charge in [-0.05, 0) is 29.3 Å². The average molecular weight is 354 g/mol. The molecule has 1 aromatic heterocycles. The Morgan fingerprint density at radius 1 is 1.46 bits per heavy atom. The van der Waals surface area contributed by atoms with E-state index in [2.05, 4.69) is 21.0 Å². The zero-order valence-corrected chi connectivity index (χ0v) is 13.7. The summed E-state index contributed by atoms with van der Waals surface area (Å²) in [5.41, 5.74) is 3.10. The molecule has 0 radical (unpaired) electrons. The highest BCUT2D eigenvalue weighted by Crippen LogP contribution is 2.29. The number of aromatic nitrogens is 4. The van der Waals surface area contributed by atoms with Crippen LogP contribution in [-0.4, -0.2) is 46.1 Å². The number of nitrogens with one attached hydrogen (secondary N) is 1. The summed E-state index contributed by atoms with van der Waals surface area (Å²) in [6.45, 7) is 0.621. The van der Waals surface area contributed by atoms with Gasteiger partial charge in [0.25, 0.3) is 5.91 Å². The zero-order chi connectivity index (χ0) is 16.9. The average Bonchev–Trinajstić information content (AvgIpc) is 3.14. The monoisotopic (exact) mass is 353 g/mol. The van der Waals surface area contributed by atoms with Crippen LogP contribution in [0.3, 0.4) is 0 Å². The third-order valence-corrected chi connectivity index (χ3v) is 3.83. The molecule has 1 aliphatic rings. The van der Waals surface area contributed by atoms with Crippen molar-refractivity contribution in [1.29, 1.82) is 0 Å². The van der Waals surface area contributed by atoms with Gasteiger partial charge < -0.3 is 9.47 Å². The summed E-state index contributed by atoms with van der Waals surface area (Å²) in [7, 11) is 1.45. The van der Waals surface area contributed by atoms with Crippen LogP contribution in [0.15, 0.2) is 18.5 Å². The fraction of sp³-hybridized carbons (Fsp3) is 0.429. The molecule has 1 amide bonds. The molecule has 9 nitrogen and oxygen atoms in total. The van der Waals surface area contributed by atoms with Crippen LogP contribution in [0.4, 0.5) is 0 Å². The summed E-state index contributed by atoms with van der Waals surface area (Å²) >= 11 is 6.23. The van der Waals surface area contributed by atoms with Gasteiger partial charge in [0, 0.05) is 19.1 Å². The van der Waals surface area contributed by atoms with Crippen molar-refractivity contribution in [1.82, 2.24) is 25.7 Å². The number of nitrogens with zero attached hydrogens (tertiary/aromatic N) is 4. The molecule has 128 valence electrons. The van der Waals surface area contributed by atoms with Crippen LogP contribution >= 0.6 is 11.6 Å². The molecule has 24 heavy (non-hydrogen) atoms. The van der Waals surface area contributed by atoms with Gasteiger partial charge in [-0.1, -0.05) is 11.6 Å². The largest absolute Gasteiger partial charge is 0.496 e. The molecule has 0 aliphatic carbocycles. The number of hydrogen-bond donors (Lipinski definition) is 1. The van der Waals surface area contributed by atoms with Gasteiger partial charge in [0.15, 0.2) is 6.29 Å². The van der Waals surface area contributed by atoms with E-state index in [1.54, 1.807) is 6.07 Å². The minimum absolute atomic E-state index is 0.232. The Bertz CT molecular complexity index is 703. The van der Waals surface area contributed by atoms with E-state index < -0.39 is 12.2 Å². The van der Waals surface area contributed by atoms with E-state index in [-0.39, 0.29) is 5.56 Å². The third-order valence-electron chi connectivity index (χ3n) is 3.53. The van der Waals surface area contributed by atoms with E-state index >= 15 is 0 Å². The molecule has 1 atom stereocenters. The molecular weight excluding hydrogens is 338 g/mol. The minimum Gasteiger partial charge on any atom is -0.496 e. The molecule has 0 bridgehead atoms. The van der Waals surface area contributed by atoms with Crippen LogP contribution < -0.4 is 10.2 Å². The van der Waals surface area contributed by atoms with Crippen LogP contribution in [0.2, 0.25) is 5.02 Å². The van der Waals surface area contributed by atoms with Gasteiger partial charge in [-0.15, -0.1) is 5.10 Å². The van der Waals surface area contributed by atoms with E-state index in [4.69, 9.17) is 25.9 Å². The number of benzene rings is 1. The Kier molecular flexibility index (Phi) is 5.24. The van der Waals surface area contributed by atoms with Crippen LogP contribution in [0.25, 0.3) is 5.69 Å². The minimum atomic E-state index is -0.480. The van der Waals surface area contributed by atoms with E-state index in [0.717, 1.165) is 19.3 Å². The fourth-order valence-electron chi connectivity index (χ4n) is 2.31. The van der Waals surface area contributed by atoms with Crippen molar-refractivity contribution >= 4 is 17.5 Å². The Balaban J connectivity index is 1.76. The van der Waals surface area contributed by atoms with Crippen LogP contribution in [0.5, 0.6) is 5.75 Å². The molecule has 0 spiro atoms. The quantitative estimate of drug-likeness (QED) is 0.813. The third kappa shape index (κ3) is 3.64. The first kappa shape index (κ1) is 16.6. The number of hydroxylamine groups is 1. The van der Waals surface area contributed by atoms with E-state index in [1.807, 2.05) is 0 Å². The predicted molar refractivity (Wildman–Crippen MR) is 82.9 cm³/mol. The molecule has 1 saturated heterocycles. The molecule has 1 fully saturated rings. The number of amides is 1. The summed E-state index contributed by atoms with van der Waals surface area (Å²) < 4.78 is 12.0. The Labute approximate surface area is 142 Å². The van der Waals surface area contributed by atoms with Gasteiger partial charge in [-0.3, -0.25) is 4.79 Å². The number of tetrazole rings is 1. The van der Waals surface area contributed by atoms with Crippen LogP contribution in [-0.2, 0) is 9.57 Å². The van der Waals surface area contributed by atoms with Gasteiger partial charge in [0.1, 0.15) is 12.1 Å². The number of halogens is 1. The first-order valence-electron chi connectivity index (χ1n) is 7.37. The van der Waals surface area contributed by atoms with E-state index in [9.17, 15) is 4.79 Å². The number of hydrogen-bond acceptors (Lipinski definition) is 7. The molecular formula is C14H16ClN5O4. The predicted octanol–water partition coefficient (Wildman–Crippen LogP) is 1.51. The Morgan fingerprint density at radius 3 is 3.00 bits per heavy atom. The molecule has 1 aliphatic heterocycles. The maximum absolute atomic E-state index is 12.3.